The molecule has 0 saturated carbocycles. The summed E-state index contributed by atoms with van der Waals surface area (Å²) in [4.78, 5) is 15.3. The zero-order chi connectivity index (χ0) is 13.1. The molecule has 2 atom stereocenters. The Labute approximate surface area is 114 Å². The zero-order valence-corrected chi connectivity index (χ0v) is 11.9. The smallest absolute Gasteiger partial charge is 0.169 e. The van der Waals surface area contributed by atoms with Gasteiger partial charge in [0.25, 0.3) is 0 Å². The van der Waals surface area contributed by atoms with Gasteiger partial charge in [0.2, 0.25) is 0 Å². The van der Waals surface area contributed by atoms with Crippen molar-refractivity contribution in [2.45, 2.75) is 32.1 Å². The number of rotatable bonds is 0. The molecule has 3 heteroatoms. The van der Waals surface area contributed by atoms with Crippen LogP contribution in [0.5, 0.6) is 0 Å². The Morgan fingerprint density at radius 1 is 1.16 bits per heavy atom. The molecule has 0 radical (unpaired) electrons. The predicted octanol–water partition coefficient (Wildman–Crippen LogP) is 1.82. The lowest BCUT2D eigenvalue weighted by atomic mass is 9.73. The highest BCUT2D eigenvalue weighted by atomic mass is 16.1. The molecular weight excluding hydrogens is 236 g/mol. The summed E-state index contributed by atoms with van der Waals surface area (Å²) in [6.45, 7) is 2.11. The van der Waals surface area contributed by atoms with Crippen molar-refractivity contribution in [1.29, 1.82) is 0 Å². The first-order valence-corrected chi connectivity index (χ1v) is 7.59. The Hall–Kier alpha value is -1.09. The minimum Gasteiger partial charge on any atom is -0.351 e. The van der Waals surface area contributed by atoms with Crippen molar-refractivity contribution in [1.82, 2.24) is 9.47 Å². The van der Waals surface area contributed by atoms with Crippen molar-refractivity contribution < 1.29 is 4.79 Å². The number of aromatic nitrogens is 1. The second-order valence-corrected chi connectivity index (χ2v) is 6.65. The van der Waals surface area contributed by atoms with Gasteiger partial charge >= 0.3 is 0 Å². The van der Waals surface area contributed by atoms with E-state index in [1.807, 2.05) is 0 Å². The van der Waals surface area contributed by atoms with Crippen LogP contribution >= 0.6 is 0 Å². The van der Waals surface area contributed by atoms with Crippen molar-refractivity contribution in [3.63, 3.8) is 0 Å². The lowest BCUT2D eigenvalue weighted by molar-refractivity contribution is 0.0702. The third kappa shape index (κ3) is 1.51. The molecule has 0 N–H and O–H groups in total. The minimum absolute atomic E-state index is 0.262. The fraction of sp³-hybridized carbons (Fsp3) is 0.688. The van der Waals surface area contributed by atoms with Gasteiger partial charge in [-0.15, -0.1) is 0 Å². The van der Waals surface area contributed by atoms with Crippen LogP contribution in [0.3, 0.4) is 0 Å². The molecule has 0 spiro atoms. The van der Waals surface area contributed by atoms with Gasteiger partial charge in [-0.3, -0.25) is 4.79 Å². The summed E-state index contributed by atoms with van der Waals surface area (Å²) in [5, 5.41) is 0. The fourth-order valence-corrected chi connectivity index (χ4v) is 4.54. The van der Waals surface area contributed by atoms with Crippen molar-refractivity contribution in [2.75, 3.05) is 20.1 Å². The number of nitrogens with zero attached hydrogens (tertiary/aromatic N) is 2. The van der Waals surface area contributed by atoms with Gasteiger partial charge in [-0.2, -0.15) is 0 Å². The van der Waals surface area contributed by atoms with E-state index >= 15 is 0 Å². The maximum absolute atomic E-state index is 12.9. The molecule has 3 nitrogen and oxygen atoms in total. The Balaban J connectivity index is 1.82. The Kier molecular flexibility index (Phi) is 2.44. The van der Waals surface area contributed by atoms with Crippen molar-refractivity contribution in [3.05, 3.63) is 22.5 Å². The number of hydrogen-bond donors (Lipinski definition) is 0. The van der Waals surface area contributed by atoms with Crippen LogP contribution in [-0.4, -0.2) is 35.4 Å². The minimum atomic E-state index is 0.262. The summed E-state index contributed by atoms with van der Waals surface area (Å²) in [5.41, 5.74) is 5.33. The number of piperidine rings is 1. The van der Waals surface area contributed by atoms with Gasteiger partial charge in [-0.1, -0.05) is 0 Å². The van der Waals surface area contributed by atoms with Gasteiger partial charge in [0.1, 0.15) is 0 Å². The molecule has 1 aromatic rings. The summed E-state index contributed by atoms with van der Waals surface area (Å²) in [7, 11) is 4.32. The summed E-state index contributed by atoms with van der Waals surface area (Å²) in [5.74, 6) is 1.31. The van der Waals surface area contributed by atoms with Crippen LogP contribution in [0.2, 0.25) is 0 Å². The van der Waals surface area contributed by atoms with E-state index in [4.69, 9.17) is 0 Å². The highest BCUT2D eigenvalue weighted by Gasteiger charge is 2.42. The van der Waals surface area contributed by atoms with Crippen molar-refractivity contribution in [3.8, 4) is 0 Å². The molecule has 0 amide bonds. The number of fused-ring (bicyclic) bond motifs is 4. The van der Waals surface area contributed by atoms with Gasteiger partial charge < -0.3 is 9.47 Å². The molecule has 2 unspecified atom stereocenters. The molecule has 1 saturated heterocycles. The van der Waals surface area contributed by atoms with E-state index in [0.717, 1.165) is 31.5 Å². The molecule has 0 aromatic carbocycles. The van der Waals surface area contributed by atoms with Crippen molar-refractivity contribution >= 4 is 5.78 Å². The molecule has 2 aliphatic carbocycles. The molecule has 4 rings (SSSR count). The van der Waals surface area contributed by atoms with E-state index in [1.54, 1.807) is 0 Å². The van der Waals surface area contributed by atoms with E-state index in [-0.39, 0.29) is 5.92 Å². The average Bonchev–Trinajstić information content (AvgIpc) is 2.95. The SMILES string of the molecule is CN1CCC2Cc3c(c4c(n3C)CCC4)C(=O)C2C1. The first-order valence-electron chi connectivity index (χ1n) is 7.59. The van der Waals surface area contributed by atoms with Crippen LogP contribution in [-0.2, 0) is 26.3 Å². The number of carbonyl (C=O) groups excluding carboxylic acids is 1. The van der Waals surface area contributed by atoms with E-state index in [2.05, 4.69) is 23.6 Å². The first-order chi connectivity index (χ1) is 9.16. The predicted molar refractivity (Wildman–Crippen MR) is 74.6 cm³/mol. The van der Waals surface area contributed by atoms with Crippen LogP contribution in [0.4, 0.5) is 0 Å². The topological polar surface area (TPSA) is 25.2 Å². The zero-order valence-electron chi connectivity index (χ0n) is 11.9. The molecular formula is C16H22N2O. The number of ketones is 1. The third-order valence-electron chi connectivity index (χ3n) is 5.59. The normalized spacial score (nSPS) is 30.1. The fourth-order valence-electron chi connectivity index (χ4n) is 4.54. The van der Waals surface area contributed by atoms with Crippen LogP contribution in [0.1, 0.15) is 40.2 Å². The summed E-state index contributed by atoms with van der Waals surface area (Å²) in [6, 6.07) is 0. The molecule has 1 fully saturated rings. The summed E-state index contributed by atoms with van der Waals surface area (Å²) >= 11 is 0. The molecule has 1 aromatic heterocycles. The van der Waals surface area contributed by atoms with Gasteiger partial charge in [-0.05, 0) is 57.2 Å². The van der Waals surface area contributed by atoms with E-state index in [0.29, 0.717) is 11.7 Å². The molecule has 2 heterocycles. The first kappa shape index (κ1) is 11.7. The number of Topliss-reactive ketones (excluding diaryl/α,β-unsaturated/α-hetero) is 1. The second kappa shape index (κ2) is 3.95. The molecule has 102 valence electrons. The maximum atomic E-state index is 12.9. The van der Waals surface area contributed by atoms with E-state index < -0.39 is 0 Å². The number of likely N-dealkylation sites (tertiary alicyclic amines) is 1. The Morgan fingerprint density at radius 3 is 2.84 bits per heavy atom. The van der Waals surface area contributed by atoms with E-state index in [1.165, 1.54) is 36.2 Å². The molecule has 1 aliphatic heterocycles. The quantitative estimate of drug-likeness (QED) is 0.709. The molecule has 0 bridgehead atoms. The van der Waals surface area contributed by atoms with Crippen LogP contribution in [0.15, 0.2) is 0 Å². The van der Waals surface area contributed by atoms with Gasteiger partial charge in [0.05, 0.1) is 0 Å². The van der Waals surface area contributed by atoms with Crippen LogP contribution in [0.25, 0.3) is 0 Å². The summed E-state index contributed by atoms with van der Waals surface area (Å²) in [6.07, 6.45) is 5.83. The van der Waals surface area contributed by atoms with Crippen LogP contribution in [0, 0.1) is 11.8 Å². The number of hydrogen-bond acceptors (Lipinski definition) is 2. The maximum Gasteiger partial charge on any atom is 0.169 e. The van der Waals surface area contributed by atoms with Gasteiger partial charge in [0, 0.05) is 36.5 Å². The highest BCUT2D eigenvalue weighted by molar-refractivity contribution is 6.02. The lowest BCUT2D eigenvalue weighted by Gasteiger charge is -2.39. The highest BCUT2D eigenvalue weighted by Crippen LogP contribution is 2.41. The van der Waals surface area contributed by atoms with E-state index in [9.17, 15) is 4.79 Å². The van der Waals surface area contributed by atoms with Crippen molar-refractivity contribution in [2.24, 2.45) is 18.9 Å². The van der Waals surface area contributed by atoms with Crippen LogP contribution < -0.4 is 0 Å². The van der Waals surface area contributed by atoms with Gasteiger partial charge in [-0.25, -0.2) is 0 Å². The molecule has 3 aliphatic rings. The monoisotopic (exact) mass is 258 g/mol. The number of carbonyl (C=O) groups is 1. The largest absolute Gasteiger partial charge is 0.351 e. The Morgan fingerprint density at radius 2 is 2.00 bits per heavy atom. The molecule has 19 heavy (non-hydrogen) atoms. The third-order valence-corrected chi connectivity index (χ3v) is 5.59. The summed E-state index contributed by atoms with van der Waals surface area (Å²) < 4.78 is 2.35. The van der Waals surface area contributed by atoms with Gasteiger partial charge in [0.15, 0.2) is 5.78 Å². The average molecular weight is 258 g/mol. The standard InChI is InChI=1S/C16H22N2O/c1-17-7-6-10-8-14-15(16(19)12(10)9-17)11-4-3-5-13(11)18(14)2/h10,12H,3-9H2,1-2H3. The second-order valence-electron chi connectivity index (χ2n) is 6.65. The lowest BCUT2D eigenvalue weighted by Crippen LogP contribution is -2.45. The Bertz CT molecular complexity index is 558.